The van der Waals surface area contributed by atoms with Crippen molar-refractivity contribution in [2.45, 2.75) is 4.90 Å². The predicted octanol–water partition coefficient (Wildman–Crippen LogP) is 4.59. The Kier molecular flexibility index (Phi) is 6.16. The topological polar surface area (TPSA) is 39.1 Å². The molecule has 1 aromatic rings. The number of anilines is 1. The Morgan fingerprint density at radius 3 is 2.36 bits per heavy atom. The maximum absolute atomic E-state index is 7.81. The summed E-state index contributed by atoms with van der Waals surface area (Å²) in [5.41, 5.74) is 3.78. The lowest BCUT2D eigenvalue weighted by Crippen LogP contribution is -2.33. The molecule has 0 aliphatic heterocycles. The van der Waals surface area contributed by atoms with Gasteiger partial charge in [0.2, 0.25) is 0 Å². The molecule has 2 aliphatic carbocycles. The predicted molar refractivity (Wildman–Crippen MR) is 98.4 cm³/mol. The zero-order valence-corrected chi connectivity index (χ0v) is 14.3. The molecule has 1 aromatic carbocycles. The second-order valence-electron chi connectivity index (χ2n) is 4.90. The van der Waals surface area contributed by atoms with E-state index in [2.05, 4.69) is 29.6 Å². The van der Waals surface area contributed by atoms with Crippen molar-refractivity contribution in [3.63, 3.8) is 0 Å². The zero-order valence-electron chi connectivity index (χ0n) is 12.8. The van der Waals surface area contributed by atoms with Crippen molar-refractivity contribution in [3.05, 3.63) is 48.5 Å². The normalized spacial score (nSPS) is 10.3. The fourth-order valence-electron chi connectivity index (χ4n) is 1.85. The van der Waals surface area contributed by atoms with E-state index in [1.54, 1.807) is 16.7 Å². The molecule has 0 heterocycles. The highest BCUT2D eigenvalue weighted by Gasteiger charge is 2.07. The summed E-state index contributed by atoms with van der Waals surface area (Å²) < 4.78 is 0. The lowest BCUT2D eigenvalue weighted by atomic mass is 10.3. The van der Waals surface area contributed by atoms with Gasteiger partial charge in [0.25, 0.3) is 0 Å². The van der Waals surface area contributed by atoms with Crippen molar-refractivity contribution in [1.29, 1.82) is 5.41 Å². The highest BCUT2D eigenvalue weighted by atomic mass is 35.5. The summed E-state index contributed by atoms with van der Waals surface area (Å²) >= 11 is 7.31. The van der Waals surface area contributed by atoms with Gasteiger partial charge in [-0.1, -0.05) is 24.3 Å². The summed E-state index contributed by atoms with van der Waals surface area (Å²) in [6.45, 7) is 0.662. The van der Waals surface area contributed by atoms with Crippen molar-refractivity contribution in [2.75, 3.05) is 31.0 Å². The van der Waals surface area contributed by atoms with Gasteiger partial charge in [-0.05, 0) is 41.6 Å². The molecule has 0 aromatic heterocycles. The molecular weight excluding hydrogens is 314 g/mol. The molecule has 5 heteroatoms. The number of hydrogen-bond donors (Lipinski definition) is 2. The standard InChI is InChI=1S/C11H16ClN3S.C6H4/c1-15(7-6-12)11(13)14-9-4-3-5-10(8-9)16-2;1-2-5-4-6(5)3-1/h3-5,8H,6-7H2,1-2H3,(H2,13,14);1-4H. The molecule has 22 heavy (non-hydrogen) atoms. The van der Waals surface area contributed by atoms with Crippen LogP contribution in [-0.2, 0) is 0 Å². The van der Waals surface area contributed by atoms with E-state index in [0.29, 0.717) is 18.4 Å². The molecule has 0 unspecified atom stereocenters. The van der Waals surface area contributed by atoms with Crippen LogP contribution in [0, 0.1) is 5.41 Å². The maximum Gasteiger partial charge on any atom is 0.195 e. The lowest BCUT2D eigenvalue weighted by molar-refractivity contribution is 0.533. The first-order valence-corrected chi connectivity index (χ1v) is 8.77. The van der Waals surface area contributed by atoms with Crippen molar-refractivity contribution >= 4 is 35.0 Å². The number of guanidine groups is 1. The molecular formula is C17H20ClN3S. The number of thioether (sulfide) groups is 1. The molecule has 2 N–H and O–H groups in total. The molecule has 0 amide bonds. The summed E-state index contributed by atoms with van der Waals surface area (Å²) in [7, 11) is 1.84. The zero-order chi connectivity index (χ0) is 15.9. The summed E-state index contributed by atoms with van der Waals surface area (Å²) in [5, 5.41) is 10.9. The SMILES string of the molecule is CSc1cccc(NC(=N)N(C)CCCl)c1.c1cc2cc-2c1. The number of rotatable bonds is 4. The Labute approximate surface area is 141 Å². The van der Waals surface area contributed by atoms with Crippen LogP contribution in [-0.4, -0.2) is 36.6 Å². The van der Waals surface area contributed by atoms with Crippen LogP contribution in [0.3, 0.4) is 0 Å². The van der Waals surface area contributed by atoms with Crippen LogP contribution >= 0.6 is 23.4 Å². The van der Waals surface area contributed by atoms with Crippen LogP contribution in [0.15, 0.2) is 53.4 Å². The Balaban J connectivity index is 0.000000238. The van der Waals surface area contributed by atoms with Crippen LogP contribution < -0.4 is 5.32 Å². The summed E-state index contributed by atoms with van der Waals surface area (Å²) in [6, 6.07) is 16.5. The first-order chi connectivity index (χ1) is 10.6. The molecule has 0 saturated heterocycles. The Hall–Kier alpha value is -1.65. The van der Waals surface area contributed by atoms with Gasteiger partial charge in [0.15, 0.2) is 5.96 Å². The lowest BCUT2D eigenvalue weighted by Gasteiger charge is -2.19. The third kappa shape index (κ3) is 4.97. The Morgan fingerprint density at radius 2 is 1.86 bits per heavy atom. The third-order valence-electron chi connectivity index (χ3n) is 3.25. The number of nitrogens with one attached hydrogen (secondary N) is 2. The van der Waals surface area contributed by atoms with Crippen LogP contribution in [0.4, 0.5) is 5.69 Å². The molecule has 116 valence electrons. The number of halogens is 1. The molecule has 0 saturated carbocycles. The first-order valence-electron chi connectivity index (χ1n) is 7.01. The Bertz CT molecular complexity index is 628. The molecule has 3 nitrogen and oxygen atoms in total. The third-order valence-corrected chi connectivity index (χ3v) is 4.14. The van der Waals surface area contributed by atoms with Gasteiger partial charge in [-0.25, -0.2) is 0 Å². The van der Waals surface area contributed by atoms with E-state index in [0.717, 1.165) is 5.69 Å². The summed E-state index contributed by atoms with van der Waals surface area (Å²) in [4.78, 5) is 2.96. The van der Waals surface area contributed by atoms with Crippen LogP contribution in [0.1, 0.15) is 0 Å². The summed E-state index contributed by atoms with van der Waals surface area (Å²) in [5.74, 6) is 0.879. The van der Waals surface area contributed by atoms with Crippen LogP contribution in [0.5, 0.6) is 0 Å². The van der Waals surface area contributed by atoms with Gasteiger partial charge >= 0.3 is 0 Å². The molecule has 0 atom stereocenters. The molecule has 0 bridgehead atoms. The van der Waals surface area contributed by atoms with Gasteiger partial charge in [-0.15, -0.1) is 23.4 Å². The average molecular weight is 334 g/mol. The van der Waals surface area contributed by atoms with Gasteiger partial charge in [0.05, 0.1) is 0 Å². The molecule has 0 spiro atoms. The monoisotopic (exact) mass is 333 g/mol. The number of alkyl halides is 1. The molecule has 3 rings (SSSR count). The van der Waals surface area contributed by atoms with E-state index in [-0.39, 0.29) is 0 Å². The van der Waals surface area contributed by atoms with E-state index in [9.17, 15) is 0 Å². The van der Waals surface area contributed by atoms with E-state index in [4.69, 9.17) is 17.0 Å². The number of benzene rings is 2. The summed E-state index contributed by atoms with van der Waals surface area (Å²) in [6.07, 6.45) is 2.03. The second-order valence-corrected chi connectivity index (χ2v) is 6.15. The first kappa shape index (κ1) is 16.7. The van der Waals surface area contributed by atoms with Gasteiger partial charge in [0, 0.05) is 30.1 Å². The van der Waals surface area contributed by atoms with Crippen molar-refractivity contribution in [1.82, 2.24) is 4.90 Å². The van der Waals surface area contributed by atoms with E-state index in [1.165, 1.54) is 16.0 Å². The highest BCUT2D eigenvalue weighted by Crippen LogP contribution is 2.32. The van der Waals surface area contributed by atoms with E-state index in [1.807, 2.05) is 37.6 Å². The van der Waals surface area contributed by atoms with Gasteiger partial charge in [-0.3, -0.25) is 5.41 Å². The fourth-order valence-corrected chi connectivity index (χ4v) is 2.56. The minimum atomic E-state index is 0.360. The number of fused-ring (bicyclic) bond motifs is 1. The molecule has 2 aliphatic rings. The number of nitrogens with zero attached hydrogens (tertiary/aromatic N) is 1. The van der Waals surface area contributed by atoms with Crippen LogP contribution in [0.25, 0.3) is 11.1 Å². The van der Waals surface area contributed by atoms with E-state index >= 15 is 0 Å². The maximum atomic E-state index is 7.81. The quantitative estimate of drug-likeness (QED) is 0.317. The smallest absolute Gasteiger partial charge is 0.195 e. The highest BCUT2D eigenvalue weighted by molar-refractivity contribution is 7.98. The van der Waals surface area contributed by atoms with Crippen molar-refractivity contribution < 1.29 is 0 Å². The molecule has 0 fully saturated rings. The minimum absolute atomic E-state index is 0.360. The second kappa shape index (κ2) is 8.11. The largest absolute Gasteiger partial charge is 0.345 e. The van der Waals surface area contributed by atoms with Crippen LogP contribution in [0.2, 0.25) is 0 Å². The van der Waals surface area contributed by atoms with Gasteiger partial charge < -0.3 is 10.2 Å². The fraction of sp³-hybridized carbons (Fsp3) is 0.235. The average Bonchev–Trinajstić information content (AvgIpc) is 3.14. The van der Waals surface area contributed by atoms with Gasteiger partial charge in [-0.2, -0.15) is 0 Å². The van der Waals surface area contributed by atoms with Crippen molar-refractivity contribution in [3.8, 4) is 11.1 Å². The van der Waals surface area contributed by atoms with E-state index < -0.39 is 0 Å². The van der Waals surface area contributed by atoms with Crippen molar-refractivity contribution in [2.24, 2.45) is 0 Å². The molecule has 0 radical (unpaired) electrons. The Morgan fingerprint density at radius 1 is 1.18 bits per heavy atom. The van der Waals surface area contributed by atoms with Gasteiger partial charge in [0.1, 0.15) is 0 Å². The number of hydrogen-bond acceptors (Lipinski definition) is 2. The minimum Gasteiger partial charge on any atom is -0.345 e.